The summed E-state index contributed by atoms with van der Waals surface area (Å²) in [6, 6.07) is 3.91. The Balaban J connectivity index is 2.07. The van der Waals surface area contributed by atoms with Gasteiger partial charge in [-0.15, -0.1) is 0 Å². The number of aromatic nitrogens is 1. The first-order valence-corrected chi connectivity index (χ1v) is 9.33. The summed E-state index contributed by atoms with van der Waals surface area (Å²) in [5.41, 5.74) is 1.02. The second kappa shape index (κ2) is 7.38. The molecule has 0 N–H and O–H groups in total. The molecule has 0 saturated heterocycles. The smallest absolute Gasteiger partial charge is 0.251 e. The molecule has 5 nitrogen and oxygen atoms in total. The minimum absolute atomic E-state index is 0.0300. The fourth-order valence-electron chi connectivity index (χ4n) is 3.32. The standard InChI is InChI=1S/C18H24N2O3S/c1-4-20-13-10-14(22-2)15(23-3)11-16(13)24-18(20)19-17(21)12-8-6-5-7-9-12/h10-12H,4-9H2,1-3H3. The number of nitrogens with zero attached hydrogens (tertiary/aromatic N) is 2. The van der Waals surface area contributed by atoms with Crippen molar-refractivity contribution in [3.63, 3.8) is 0 Å². The van der Waals surface area contributed by atoms with Gasteiger partial charge in [-0.1, -0.05) is 30.6 Å². The number of carbonyl (C=O) groups is 1. The Morgan fingerprint density at radius 2 is 1.88 bits per heavy atom. The summed E-state index contributed by atoms with van der Waals surface area (Å²) in [5.74, 6) is 1.51. The summed E-state index contributed by atoms with van der Waals surface area (Å²) in [6.07, 6.45) is 5.46. The van der Waals surface area contributed by atoms with Gasteiger partial charge in [0.25, 0.3) is 5.91 Å². The van der Waals surface area contributed by atoms with Crippen LogP contribution in [0.15, 0.2) is 17.1 Å². The Hall–Kier alpha value is -1.82. The first-order chi connectivity index (χ1) is 11.7. The maximum atomic E-state index is 12.5. The quantitative estimate of drug-likeness (QED) is 0.845. The lowest BCUT2D eigenvalue weighted by Gasteiger charge is -2.17. The number of hydrogen-bond acceptors (Lipinski definition) is 4. The molecule has 3 rings (SSSR count). The summed E-state index contributed by atoms with van der Waals surface area (Å²) in [5, 5.41) is 0. The molecule has 130 valence electrons. The zero-order chi connectivity index (χ0) is 17.1. The SMILES string of the molecule is CCn1c(=NC(=O)C2CCCCC2)sc2cc(OC)c(OC)cc21. The van der Waals surface area contributed by atoms with Gasteiger partial charge < -0.3 is 14.0 Å². The number of methoxy groups -OCH3 is 2. The van der Waals surface area contributed by atoms with Crippen LogP contribution in [0.3, 0.4) is 0 Å². The van der Waals surface area contributed by atoms with Gasteiger partial charge in [0.15, 0.2) is 16.3 Å². The normalized spacial score (nSPS) is 16.5. The molecular formula is C18H24N2O3S. The number of amides is 1. The van der Waals surface area contributed by atoms with Crippen molar-refractivity contribution in [2.75, 3.05) is 14.2 Å². The number of rotatable bonds is 4. The van der Waals surface area contributed by atoms with Crippen molar-refractivity contribution in [3.05, 3.63) is 16.9 Å². The van der Waals surface area contributed by atoms with Crippen LogP contribution >= 0.6 is 11.3 Å². The van der Waals surface area contributed by atoms with E-state index < -0.39 is 0 Å². The van der Waals surface area contributed by atoms with E-state index in [2.05, 4.69) is 16.5 Å². The Morgan fingerprint density at radius 3 is 2.50 bits per heavy atom. The molecule has 6 heteroatoms. The van der Waals surface area contributed by atoms with Gasteiger partial charge in [0, 0.05) is 24.6 Å². The molecule has 1 aliphatic carbocycles. The van der Waals surface area contributed by atoms with Gasteiger partial charge >= 0.3 is 0 Å². The lowest BCUT2D eigenvalue weighted by atomic mass is 9.89. The highest BCUT2D eigenvalue weighted by molar-refractivity contribution is 7.16. The fraction of sp³-hybridized carbons (Fsp3) is 0.556. The van der Waals surface area contributed by atoms with E-state index in [0.29, 0.717) is 11.5 Å². The first-order valence-electron chi connectivity index (χ1n) is 8.51. The van der Waals surface area contributed by atoms with E-state index in [9.17, 15) is 4.79 Å². The van der Waals surface area contributed by atoms with Crippen molar-refractivity contribution in [1.82, 2.24) is 4.57 Å². The average Bonchev–Trinajstić information content (AvgIpc) is 2.96. The highest BCUT2D eigenvalue weighted by atomic mass is 32.1. The van der Waals surface area contributed by atoms with Crippen LogP contribution in [0, 0.1) is 5.92 Å². The Kier molecular flexibility index (Phi) is 5.23. The van der Waals surface area contributed by atoms with E-state index in [4.69, 9.17) is 9.47 Å². The van der Waals surface area contributed by atoms with Crippen LogP contribution in [0.25, 0.3) is 10.2 Å². The van der Waals surface area contributed by atoms with Crippen LogP contribution < -0.4 is 14.3 Å². The number of fused-ring (bicyclic) bond motifs is 1. The maximum absolute atomic E-state index is 12.5. The molecule has 1 aliphatic rings. The van der Waals surface area contributed by atoms with Crippen molar-refractivity contribution in [3.8, 4) is 11.5 Å². The second-order valence-corrected chi connectivity index (χ2v) is 7.10. The van der Waals surface area contributed by atoms with Gasteiger partial charge in [0.2, 0.25) is 0 Å². The van der Waals surface area contributed by atoms with Crippen molar-refractivity contribution >= 4 is 27.5 Å². The molecule has 0 unspecified atom stereocenters. The number of carbonyl (C=O) groups excluding carboxylic acids is 1. The number of ether oxygens (including phenoxy) is 2. The molecule has 24 heavy (non-hydrogen) atoms. The molecule has 0 atom stereocenters. The zero-order valence-electron chi connectivity index (χ0n) is 14.5. The number of benzene rings is 1. The molecule has 0 aliphatic heterocycles. The van der Waals surface area contributed by atoms with Crippen LogP contribution in [-0.4, -0.2) is 24.7 Å². The Bertz CT molecular complexity index is 800. The zero-order valence-corrected chi connectivity index (χ0v) is 15.3. The van der Waals surface area contributed by atoms with Gasteiger partial charge in [-0.25, -0.2) is 0 Å². The third-order valence-corrected chi connectivity index (χ3v) is 5.71. The molecule has 0 spiro atoms. The maximum Gasteiger partial charge on any atom is 0.251 e. The van der Waals surface area contributed by atoms with Crippen LogP contribution in [0.5, 0.6) is 11.5 Å². The van der Waals surface area contributed by atoms with Gasteiger partial charge in [-0.3, -0.25) is 4.79 Å². The van der Waals surface area contributed by atoms with Crippen LogP contribution in [0.1, 0.15) is 39.0 Å². The van der Waals surface area contributed by atoms with Crippen LogP contribution in [-0.2, 0) is 11.3 Å². The highest BCUT2D eigenvalue weighted by Crippen LogP contribution is 2.33. The molecule has 1 amide bonds. The van der Waals surface area contributed by atoms with E-state index in [1.165, 1.54) is 17.8 Å². The second-order valence-electron chi connectivity index (χ2n) is 6.09. The van der Waals surface area contributed by atoms with E-state index in [-0.39, 0.29) is 11.8 Å². The summed E-state index contributed by atoms with van der Waals surface area (Å²) in [7, 11) is 3.26. The van der Waals surface area contributed by atoms with Crippen molar-refractivity contribution in [1.29, 1.82) is 0 Å². The minimum Gasteiger partial charge on any atom is -0.493 e. The third-order valence-electron chi connectivity index (χ3n) is 4.66. The molecule has 1 saturated carbocycles. The van der Waals surface area contributed by atoms with E-state index in [1.54, 1.807) is 14.2 Å². The Labute approximate surface area is 145 Å². The lowest BCUT2D eigenvalue weighted by molar-refractivity contribution is -0.122. The van der Waals surface area contributed by atoms with Crippen molar-refractivity contribution < 1.29 is 14.3 Å². The molecular weight excluding hydrogens is 324 g/mol. The number of hydrogen-bond donors (Lipinski definition) is 0. The Morgan fingerprint density at radius 1 is 1.21 bits per heavy atom. The summed E-state index contributed by atoms with van der Waals surface area (Å²) >= 11 is 1.53. The molecule has 2 aromatic rings. The highest BCUT2D eigenvalue weighted by Gasteiger charge is 2.21. The lowest BCUT2D eigenvalue weighted by Crippen LogP contribution is -2.21. The summed E-state index contributed by atoms with van der Waals surface area (Å²) in [6.45, 7) is 2.82. The summed E-state index contributed by atoms with van der Waals surface area (Å²) < 4.78 is 13.9. The van der Waals surface area contributed by atoms with Crippen LogP contribution in [0.2, 0.25) is 0 Å². The van der Waals surface area contributed by atoms with Crippen molar-refractivity contribution in [2.24, 2.45) is 10.9 Å². The fourth-order valence-corrected chi connectivity index (χ4v) is 4.43. The predicted molar refractivity (Wildman–Crippen MR) is 95.7 cm³/mol. The number of thiazole rings is 1. The molecule has 1 heterocycles. The third kappa shape index (κ3) is 3.20. The van der Waals surface area contributed by atoms with Gasteiger partial charge in [0.05, 0.1) is 24.4 Å². The first kappa shape index (κ1) is 17.0. The number of aryl methyl sites for hydroxylation is 1. The molecule has 0 radical (unpaired) electrons. The van der Waals surface area contributed by atoms with Gasteiger partial charge in [-0.05, 0) is 19.8 Å². The van der Waals surface area contributed by atoms with E-state index in [0.717, 1.165) is 47.2 Å². The molecule has 1 aromatic carbocycles. The van der Waals surface area contributed by atoms with E-state index >= 15 is 0 Å². The summed E-state index contributed by atoms with van der Waals surface area (Å²) in [4.78, 5) is 17.8. The molecule has 1 fully saturated rings. The van der Waals surface area contributed by atoms with Crippen molar-refractivity contribution in [2.45, 2.75) is 45.6 Å². The van der Waals surface area contributed by atoms with E-state index in [1.807, 2.05) is 12.1 Å². The largest absolute Gasteiger partial charge is 0.493 e. The van der Waals surface area contributed by atoms with Gasteiger partial charge in [-0.2, -0.15) is 4.99 Å². The molecule has 1 aromatic heterocycles. The molecule has 0 bridgehead atoms. The van der Waals surface area contributed by atoms with Gasteiger partial charge in [0.1, 0.15) is 0 Å². The average molecular weight is 348 g/mol. The van der Waals surface area contributed by atoms with Crippen LogP contribution in [0.4, 0.5) is 0 Å². The monoisotopic (exact) mass is 348 g/mol. The topological polar surface area (TPSA) is 52.8 Å². The minimum atomic E-state index is 0.0300. The predicted octanol–water partition coefficient (Wildman–Crippen LogP) is 3.75.